The summed E-state index contributed by atoms with van der Waals surface area (Å²) in [5.41, 5.74) is 3.71. The van der Waals surface area contributed by atoms with Crippen LogP contribution in [0, 0.1) is 12.3 Å². The maximum atomic E-state index is 12.8. The molecule has 204 valence electrons. The lowest BCUT2D eigenvalue weighted by atomic mass is 9.73. The number of carbonyl (C=O) groups is 1. The second-order valence-corrected chi connectivity index (χ2v) is 11.6. The van der Waals surface area contributed by atoms with Crippen LogP contribution in [0.2, 0.25) is 5.02 Å². The number of carbonyl (C=O) groups excluding carboxylic acids is 1. The molecule has 0 radical (unpaired) electrons. The summed E-state index contributed by atoms with van der Waals surface area (Å²) in [5.74, 6) is 1.31. The van der Waals surface area contributed by atoms with Crippen molar-refractivity contribution in [1.82, 2.24) is 15.4 Å². The van der Waals surface area contributed by atoms with Crippen molar-refractivity contribution >= 4 is 40.2 Å². The molecule has 3 N–H and O–H groups in total. The van der Waals surface area contributed by atoms with Gasteiger partial charge in [0.05, 0.1) is 29.2 Å². The van der Waals surface area contributed by atoms with Crippen LogP contribution in [0.3, 0.4) is 0 Å². The fraction of sp³-hybridized carbons (Fsp3) is 0.448. The molecule has 0 bridgehead atoms. The Morgan fingerprint density at radius 3 is 2.66 bits per heavy atom. The number of hydrogen-bond donors (Lipinski definition) is 3. The summed E-state index contributed by atoms with van der Waals surface area (Å²) in [4.78, 5) is 20.9. The molecule has 4 rings (SSSR count). The maximum absolute atomic E-state index is 12.8. The Morgan fingerprint density at radius 2 is 1.97 bits per heavy atom. The number of aryl methyl sites for hydroxylation is 1. The fourth-order valence-electron chi connectivity index (χ4n) is 5.22. The van der Waals surface area contributed by atoms with Gasteiger partial charge in [0.1, 0.15) is 5.75 Å². The van der Waals surface area contributed by atoms with E-state index < -0.39 is 11.5 Å². The minimum atomic E-state index is -0.889. The van der Waals surface area contributed by atoms with E-state index in [4.69, 9.17) is 16.3 Å². The lowest BCUT2D eigenvalue weighted by molar-refractivity contribution is -0.143. The molecule has 1 aromatic heterocycles. The minimum Gasteiger partial charge on any atom is -0.497 e. The smallest absolute Gasteiger partial charge is 0.249 e. The molecule has 1 saturated heterocycles. The number of halogens is 1. The lowest BCUT2D eigenvalue weighted by Crippen LogP contribution is -2.48. The third-order valence-corrected chi connectivity index (χ3v) is 9.00. The van der Waals surface area contributed by atoms with Crippen molar-refractivity contribution in [2.75, 3.05) is 32.5 Å². The second-order valence-electron chi connectivity index (χ2n) is 10.0. The summed E-state index contributed by atoms with van der Waals surface area (Å²) in [6.07, 6.45) is 3.72. The van der Waals surface area contributed by atoms with Crippen molar-refractivity contribution in [3.05, 3.63) is 64.8 Å². The quantitative estimate of drug-likeness (QED) is 0.119. The number of amides is 1. The number of pyridine rings is 1. The van der Waals surface area contributed by atoms with Crippen LogP contribution in [0.15, 0.2) is 53.6 Å². The molecule has 1 amide bonds. The number of hydrogen-bond acceptors (Lipinski definition) is 7. The third-order valence-electron chi connectivity index (χ3n) is 7.60. The second kappa shape index (κ2) is 13.1. The average Bonchev–Trinajstić information content (AvgIpc) is 2.94. The standard InChI is InChI=1S/C29H36ClN3O4S/c1-20-4-7-22(8-5-20)38-17-3-14-33-15-12-29(13-16-33,28(35)32-36)11-10-26(34)27-23-18-21(37-2)6-9-25(23)31-19-24(27)30/h4-9,18-19,26,34,36H,3,10-17H2,1-2H3,(H,32,35)/t26-/m1/s1. The molecule has 2 aromatic carbocycles. The Hall–Kier alpha value is -2.36. The van der Waals surface area contributed by atoms with Gasteiger partial charge in [-0.25, -0.2) is 5.48 Å². The van der Waals surface area contributed by atoms with E-state index in [1.165, 1.54) is 10.5 Å². The van der Waals surface area contributed by atoms with Crippen LogP contribution in [-0.4, -0.2) is 58.6 Å². The van der Waals surface area contributed by atoms with E-state index in [9.17, 15) is 15.1 Å². The molecule has 7 nitrogen and oxygen atoms in total. The number of ether oxygens (including phenoxy) is 1. The largest absolute Gasteiger partial charge is 0.497 e. The van der Waals surface area contributed by atoms with Crippen LogP contribution in [0.5, 0.6) is 5.75 Å². The summed E-state index contributed by atoms with van der Waals surface area (Å²) in [6, 6.07) is 14.1. The molecule has 2 heterocycles. The van der Waals surface area contributed by atoms with Crippen LogP contribution in [-0.2, 0) is 4.79 Å². The topological polar surface area (TPSA) is 94.9 Å². The van der Waals surface area contributed by atoms with Gasteiger partial charge in [0.15, 0.2) is 0 Å². The van der Waals surface area contributed by atoms with Gasteiger partial charge in [-0.3, -0.25) is 15.0 Å². The number of benzene rings is 2. The van der Waals surface area contributed by atoms with Gasteiger partial charge in [0, 0.05) is 22.0 Å². The van der Waals surface area contributed by atoms with Crippen molar-refractivity contribution in [1.29, 1.82) is 0 Å². The number of nitrogens with one attached hydrogen (secondary N) is 1. The molecule has 9 heteroatoms. The zero-order chi connectivity index (χ0) is 27.1. The number of likely N-dealkylation sites (tertiary alicyclic amines) is 1. The van der Waals surface area contributed by atoms with Crippen molar-refractivity contribution in [3.63, 3.8) is 0 Å². The highest BCUT2D eigenvalue weighted by molar-refractivity contribution is 7.99. The Labute approximate surface area is 233 Å². The number of rotatable bonds is 11. The first-order chi connectivity index (χ1) is 18.3. The van der Waals surface area contributed by atoms with Gasteiger partial charge >= 0.3 is 0 Å². The number of methoxy groups -OCH3 is 1. The van der Waals surface area contributed by atoms with E-state index in [1.807, 2.05) is 35.4 Å². The average molecular weight is 558 g/mol. The SMILES string of the molecule is COc1ccc2ncc(Cl)c([C@H](O)CCC3(C(=O)NO)CCN(CCCSc4ccc(C)cc4)CC3)c2c1. The Bertz CT molecular complexity index is 1230. The van der Waals surface area contributed by atoms with Gasteiger partial charge in [-0.2, -0.15) is 0 Å². The normalized spacial score (nSPS) is 16.3. The highest BCUT2D eigenvalue weighted by Gasteiger charge is 2.41. The zero-order valence-electron chi connectivity index (χ0n) is 22.0. The molecule has 3 aromatic rings. The fourth-order valence-corrected chi connectivity index (χ4v) is 6.33. The summed E-state index contributed by atoms with van der Waals surface area (Å²) in [7, 11) is 1.59. The molecule has 1 fully saturated rings. The number of fused-ring (bicyclic) bond motifs is 1. The summed E-state index contributed by atoms with van der Waals surface area (Å²) in [5, 5.41) is 21.8. The van der Waals surface area contributed by atoms with Crippen molar-refractivity contribution in [2.24, 2.45) is 5.41 Å². The Kier molecular flexibility index (Phi) is 9.90. The molecule has 0 saturated carbocycles. The van der Waals surface area contributed by atoms with Crippen LogP contribution in [0.25, 0.3) is 10.9 Å². The summed E-state index contributed by atoms with van der Waals surface area (Å²) in [6.45, 7) is 4.61. The first-order valence-electron chi connectivity index (χ1n) is 13.0. The van der Waals surface area contributed by atoms with Crippen molar-refractivity contribution in [3.8, 4) is 5.75 Å². The molecular formula is C29H36ClN3O4S. The zero-order valence-corrected chi connectivity index (χ0v) is 23.5. The van der Waals surface area contributed by atoms with Crippen LogP contribution in [0.4, 0.5) is 0 Å². The number of aliphatic hydroxyl groups is 1. The predicted octanol–water partition coefficient (Wildman–Crippen LogP) is 5.79. The van der Waals surface area contributed by atoms with Gasteiger partial charge in [-0.1, -0.05) is 29.3 Å². The van der Waals surface area contributed by atoms with Gasteiger partial charge in [-0.15, -0.1) is 11.8 Å². The van der Waals surface area contributed by atoms with Crippen LogP contribution in [0.1, 0.15) is 49.3 Å². The number of nitrogens with zero attached hydrogens (tertiary/aromatic N) is 2. The minimum absolute atomic E-state index is 0.330. The highest BCUT2D eigenvalue weighted by atomic mass is 35.5. The van der Waals surface area contributed by atoms with Gasteiger partial charge in [-0.05, 0) is 94.7 Å². The van der Waals surface area contributed by atoms with E-state index >= 15 is 0 Å². The number of hydroxylamine groups is 1. The van der Waals surface area contributed by atoms with E-state index in [0.717, 1.165) is 37.2 Å². The van der Waals surface area contributed by atoms with Gasteiger partial charge in [0.25, 0.3) is 0 Å². The Balaban J connectivity index is 1.35. The summed E-state index contributed by atoms with van der Waals surface area (Å²) >= 11 is 8.34. The molecule has 0 unspecified atom stereocenters. The van der Waals surface area contributed by atoms with E-state index in [-0.39, 0.29) is 5.91 Å². The number of aromatic nitrogens is 1. The summed E-state index contributed by atoms with van der Waals surface area (Å²) < 4.78 is 5.35. The molecule has 1 aliphatic heterocycles. The van der Waals surface area contributed by atoms with E-state index in [0.29, 0.717) is 47.5 Å². The van der Waals surface area contributed by atoms with Gasteiger partial charge < -0.3 is 14.7 Å². The molecule has 1 aliphatic rings. The monoisotopic (exact) mass is 557 g/mol. The van der Waals surface area contributed by atoms with Crippen molar-refractivity contribution < 1.29 is 19.8 Å². The molecule has 38 heavy (non-hydrogen) atoms. The number of thioether (sulfide) groups is 1. The molecule has 0 aliphatic carbocycles. The van der Waals surface area contributed by atoms with E-state index in [1.54, 1.807) is 13.3 Å². The van der Waals surface area contributed by atoms with Gasteiger partial charge in [0.2, 0.25) is 5.91 Å². The number of aliphatic hydroxyl groups excluding tert-OH is 1. The van der Waals surface area contributed by atoms with Crippen LogP contribution < -0.4 is 10.2 Å². The predicted molar refractivity (Wildman–Crippen MR) is 152 cm³/mol. The third kappa shape index (κ3) is 6.79. The Morgan fingerprint density at radius 1 is 1.24 bits per heavy atom. The maximum Gasteiger partial charge on any atom is 0.249 e. The molecule has 0 spiro atoms. The molecular weight excluding hydrogens is 522 g/mol. The highest BCUT2D eigenvalue weighted by Crippen LogP contribution is 2.41. The van der Waals surface area contributed by atoms with E-state index in [2.05, 4.69) is 41.1 Å². The molecule has 1 atom stereocenters. The van der Waals surface area contributed by atoms with Crippen molar-refractivity contribution in [2.45, 2.75) is 50.0 Å². The van der Waals surface area contributed by atoms with Crippen LogP contribution >= 0.6 is 23.4 Å². The number of piperidine rings is 1. The first kappa shape index (κ1) is 28.6. The first-order valence-corrected chi connectivity index (χ1v) is 14.4. The lowest BCUT2D eigenvalue weighted by Gasteiger charge is -2.40.